The third-order valence-corrected chi connectivity index (χ3v) is 12.8. The topological polar surface area (TPSA) is 476 Å². The first-order chi connectivity index (χ1) is 35.8. The number of rotatable bonds is 34. The SMILES string of the molecule is CC[C@H](C)[C@H](NC(=O)[C@@H](NC(=O)[C@H](C)NC(=O)[C@@H](NC(=O)[C@@H](N)CCCN=C(N)N)[C@@H](C)CC)C(C)C)C(=O)N[C@@H](Cc1c[nH]c2ccccc12)C(=O)N[C@@H](CCCN=C(N)N)C(=O)N[C@@H](CCCN=C(N)N)C(=O)O. The number of para-hydroxylation sites is 1. The Morgan fingerprint density at radius 3 is 1.49 bits per heavy atom. The fourth-order valence-electron chi connectivity index (χ4n) is 7.81. The van der Waals surface area contributed by atoms with Gasteiger partial charge in [0.25, 0.3) is 0 Å². The smallest absolute Gasteiger partial charge is 0.326 e. The first-order valence-electron chi connectivity index (χ1n) is 25.6. The minimum Gasteiger partial charge on any atom is -0.480 e. The zero-order chi connectivity index (χ0) is 57.2. The first-order valence-corrected chi connectivity index (χ1v) is 25.6. The van der Waals surface area contributed by atoms with Crippen molar-refractivity contribution in [3.63, 3.8) is 0 Å². The van der Waals surface area contributed by atoms with E-state index in [1.807, 2.05) is 25.1 Å². The molecule has 10 atom stereocenters. The predicted molar refractivity (Wildman–Crippen MR) is 290 cm³/mol. The van der Waals surface area contributed by atoms with Gasteiger partial charge in [-0.05, 0) is 74.8 Å². The van der Waals surface area contributed by atoms with Gasteiger partial charge in [0.05, 0.1) is 6.04 Å². The molecule has 23 N–H and O–H groups in total. The lowest BCUT2D eigenvalue weighted by atomic mass is 9.95. The monoisotopic (exact) mass is 1070 g/mol. The van der Waals surface area contributed by atoms with E-state index in [1.165, 1.54) is 6.92 Å². The summed E-state index contributed by atoms with van der Waals surface area (Å²) in [6.07, 6.45) is 3.39. The van der Waals surface area contributed by atoms with Gasteiger partial charge in [-0.3, -0.25) is 48.5 Å². The number of carboxylic acids is 1. The first kappa shape index (κ1) is 64.4. The van der Waals surface area contributed by atoms with E-state index in [1.54, 1.807) is 46.9 Å². The summed E-state index contributed by atoms with van der Waals surface area (Å²) in [5.41, 5.74) is 40.0. The molecule has 1 heterocycles. The molecule has 27 heteroatoms. The molecule has 0 aliphatic heterocycles. The number of aliphatic imine (C=N–C) groups is 3. The van der Waals surface area contributed by atoms with Crippen LogP contribution >= 0.6 is 0 Å². The van der Waals surface area contributed by atoms with Crippen molar-refractivity contribution in [1.82, 2.24) is 42.2 Å². The van der Waals surface area contributed by atoms with Crippen molar-refractivity contribution >= 4 is 76.1 Å². The highest BCUT2D eigenvalue weighted by atomic mass is 16.4. The van der Waals surface area contributed by atoms with E-state index in [0.717, 1.165) is 10.9 Å². The highest BCUT2D eigenvalue weighted by molar-refractivity contribution is 5.98. The lowest BCUT2D eigenvalue weighted by Gasteiger charge is -2.30. The quantitative estimate of drug-likeness (QED) is 0.0195. The lowest BCUT2D eigenvalue weighted by molar-refractivity contribution is -0.142. The minimum absolute atomic E-state index is 0.0488. The van der Waals surface area contributed by atoms with Gasteiger partial charge in [0, 0.05) is 43.2 Å². The van der Waals surface area contributed by atoms with Crippen LogP contribution in [0.2, 0.25) is 0 Å². The number of nitrogens with two attached hydrogens (primary N) is 7. The Morgan fingerprint density at radius 2 is 0.974 bits per heavy atom. The van der Waals surface area contributed by atoms with E-state index in [4.69, 9.17) is 40.1 Å². The molecule has 27 nitrogen and oxygen atoms in total. The number of carboxylic acid groups (broad SMARTS) is 1. The molecule has 0 bridgehead atoms. The van der Waals surface area contributed by atoms with E-state index < -0.39 is 107 Å². The largest absolute Gasteiger partial charge is 0.480 e. The van der Waals surface area contributed by atoms with Crippen LogP contribution in [-0.4, -0.2) is 143 Å². The number of aromatic nitrogens is 1. The fraction of sp³-hybridized carbons (Fsp3) is 0.612. The van der Waals surface area contributed by atoms with Crippen molar-refractivity contribution in [2.24, 2.45) is 72.9 Å². The van der Waals surface area contributed by atoms with Crippen LogP contribution in [0.25, 0.3) is 10.9 Å². The van der Waals surface area contributed by atoms with Crippen LogP contribution in [0.1, 0.15) is 105 Å². The molecule has 0 radical (unpaired) electrons. The third kappa shape index (κ3) is 22.0. The van der Waals surface area contributed by atoms with E-state index in [9.17, 15) is 43.5 Å². The van der Waals surface area contributed by atoms with Crippen LogP contribution in [0.3, 0.4) is 0 Å². The average Bonchev–Trinajstić information content (AvgIpc) is 3.77. The zero-order valence-corrected chi connectivity index (χ0v) is 44.8. The normalized spacial score (nSPS) is 15.1. The number of carbonyl (C=O) groups excluding carboxylic acids is 7. The number of fused-ring (bicyclic) bond motifs is 1. The highest BCUT2D eigenvalue weighted by Gasteiger charge is 2.37. The summed E-state index contributed by atoms with van der Waals surface area (Å²) in [4.78, 5) is 125. The van der Waals surface area contributed by atoms with E-state index in [2.05, 4.69) is 57.2 Å². The van der Waals surface area contributed by atoms with Crippen molar-refractivity contribution < 1.29 is 43.5 Å². The third-order valence-electron chi connectivity index (χ3n) is 12.8. The maximum Gasteiger partial charge on any atom is 0.326 e. The van der Waals surface area contributed by atoms with Gasteiger partial charge in [0.2, 0.25) is 41.4 Å². The Bertz CT molecular complexity index is 2340. The number of H-pyrrole nitrogens is 1. The Hall–Kier alpha value is -7.71. The molecule has 424 valence electrons. The summed E-state index contributed by atoms with van der Waals surface area (Å²) < 4.78 is 0. The van der Waals surface area contributed by atoms with Crippen LogP contribution in [0, 0.1) is 17.8 Å². The Labute approximate surface area is 443 Å². The predicted octanol–water partition coefficient (Wildman–Crippen LogP) is -2.56. The molecule has 7 amide bonds. The van der Waals surface area contributed by atoms with Gasteiger partial charge < -0.3 is 87.4 Å². The van der Waals surface area contributed by atoms with Crippen molar-refractivity contribution in [3.8, 4) is 0 Å². The van der Waals surface area contributed by atoms with Gasteiger partial charge in [-0.25, -0.2) is 4.79 Å². The number of hydrogen-bond donors (Lipinski definition) is 16. The molecule has 0 unspecified atom stereocenters. The minimum atomic E-state index is -1.38. The van der Waals surface area contributed by atoms with E-state index >= 15 is 0 Å². The molecule has 76 heavy (non-hydrogen) atoms. The highest BCUT2D eigenvalue weighted by Crippen LogP contribution is 2.20. The average molecular weight is 1070 g/mol. The second-order valence-electron chi connectivity index (χ2n) is 19.2. The molecule has 0 aliphatic rings. The van der Waals surface area contributed by atoms with Gasteiger partial charge in [-0.1, -0.05) is 72.6 Å². The summed E-state index contributed by atoms with van der Waals surface area (Å²) >= 11 is 0. The maximum atomic E-state index is 14.6. The van der Waals surface area contributed by atoms with Crippen LogP contribution < -0.4 is 77.4 Å². The molecule has 0 saturated heterocycles. The van der Waals surface area contributed by atoms with Crippen LogP contribution in [0.15, 0.2) is 45.4 Å². The van der Waals surface area contributed by atoms with Crippen LogP contribution in [0.5, 0.6) is 0 Å². The molecular weight excluding hydrogens is 985 g/mol. The van der Waals surface area contributed by atoms with Gasteiger partial charge >= 0.3 is 5.97 Å². The van der Waals surface area contributed by atoms with Crippen LogP contribution in [0.4, 0.5) is 0 Å². The summed E-state index contributed by atoms with van der Waals surface area (Å²) in [6.45, 7) is 12.3. The number of carbonyl (C=O) groups is 8. The van der Waals surface area contributed by atoms with E-state index in [0.29, 0.717) is 24.8 Å². The summed E-state index contributed by atoms with van der Waals surface area (Å²) in [7, 11) is 0. The van der Waals surface area contributed by atoms with E-state index in [-0.39, 0.29) is 82.0 Å². The Kier molecular flexibility index (Phi) is 27.6. The number of guanidine groups is 3. The van der Waals surface area contributed by atoms with Gasteiger partial charge in [-0.15, -0.1) is 0 Å². The number of benzene rings is 1. The Balaban J connectivity index is 2.41. The molecule has 0 saturated carbocycles. The zero-order valence-electron chi connectivity index (χ0n) is 44.8. The molecule has 1 aromatic heterocycles. The van der Waals surface area contributed by atoms with Gasteiger partial charge in [0.1, 0.15) is 42.3 Å². The number of amides is 7. The molecule has 0 spiro atoms. The molecule has 0 fully saturated rings. The number of hydrogen-bond acceptors (Lipinski definition) is 12. The Morgan fingerprint density at radius 1 is 0.539 bits per heavy atom. The number of nitrogens with one attached hydrogen (secondary N) is 8. The summed E-state index contributed by atoms with van der Waals surface area (Å²) in [6, 6.07) is -2.53. The maximum absolute atomic E-state index is 14.6. The summed E-state index contributed by atoms with van der Waals surface area (Å²) in [5, 5.41) is 29.5. The van der Waals surface area contributed by atoms with Gasteiger partial charge in [0.15, 0.2) is 17.9 Å². The standard InChI is InChI=1S/C49H84N18O9/c1-8-26(5)37(66-40(69)31(50)16-12-20-57-47(51)52)44(73)61-28(7)39(68)65-36(25(3)4)43(72)67-38(27(6)9-2)45(74)64-35(23-29-24-60-32-17-11-10-15-30(29)32)42(71)62-33(18-13-21-58-48(53)54)41(70)63-34(46(75)76)19-14-22-59-49(55)56/h10-11,15,17,24-28,31,33-38,60H,8-9,12-14,16,18-23,50H2,1-7H3,(H,61,73)(H,62,71)(H,63,70)(H,64,74)(H,65,68)(H,66,69)(H,67,72)(H,75,76)(H4,51,52,57)(H4,53,54,58)(H4,55,56,59)/t26-,27-,28-,31-,33-,34-,35-,36-,37-,38-/m0/s1. The van der Waals surface area contributed by atoms with Crippen molar-refractivity contribution in [2.75, 3.05) is 19.6 Å². The molecule has 1 aromatic carbocycles. The lowest BCUT2D eigenvalue weighted by Crippen LogP contribution is -2.62. The number of aromatic amines is 1. The molecule has 2 rings (SSSR count). The second kappa shape index (κ2) is 32.6. The number of aliphatic carboxylic acids is 1. The molecule has 2 aromatic rings. The molecular formula is C49H84N18O9. The summed E-state index contributed by atoms with van der Waals surface area (Å²) in [5.74, 6) is -8.34. The fourth-order valence-corrected chi connectivity index (χ4v) is 7.81. The van der Waals surface area contributed by atoms with Crippen LogP contribution in [-0.2, 0) is 44.8 Å². The number of nitrogens with zero attached hydrogens (tertiary/aromatic N) is 3. The van der Waals surface area contributed by atoms with Gasteiger partial charge in [-0.2, -0.15) is 0 Å². The molecule has 0 aliphatic carbocycles. The van der Waals surface area contributed by atoms with Crippen molar-refractivity contribution in [3.05, 3.63) is 36.0 Å². The van der Waals surface area contributed by atoms with Crippen molar-refractivity contribution in [2.45, 2.75) is 155 Å². The van der Waals surface area contributed by atoms with Crippen molar-refractivity contribution in [1.29, 1.82) is 0 Å². The second-order valence-corrected chi connectivity index (χ2v) is 19.2.